The van der Waals surface area contributed by atoms with E-state index in [2.05, 4.69) is 5.32 Å². The molecule has 1 aromatic rings. The molecular formula is C24H41NO10S. The summed E-state index contributed by atoms with van der Waals surface area (Å²) in [6.07, 6.45) is -0.0977. The molecule has 208 valence electrons. The largest absolute Gasteiger partial charge is 0.444 e. The Morgan fingerprint density at radius 2 is 1.31 bits per heavy atom. The average molecular weight is 536 g/mol. The van der Waals surface area contributed by atoms with Gasteiger partial charge >= 0.3 is 6.09 Å². The lowest BCUT2D eigenvalue weighted by atomic mass is 10.1. The lowest BCUT2D eigenvalue weighted by molar-refractivity contribution is -0.0108. The first-order chi connectivity index (χ1) is 17.0. The highest BCUT2D eigenvalue weighted by molar-refractivity contribution is 7.85. The van der Waals surface area contributed by atoms with Gasteiger partial charge < -0.3 is 33.7 Å². The molecule has 0 radical (unpaired) electrons. The first-order valence-electron chi connectivity index (χ1n) is 11.9. The summed E-state index contributed by atoms with van der Waals surface area (Å²) in [5.41, 5.74) is 0.909. The maximum absolute atomic E-state index is 11.5. The Morgan fingerprint density at radius 3 is 1.78 bits per heavy atom. The maximum atomic E-state index is 11.5. The number of carbonyl (C=O) groups is 1. The summed E-state index contributed by atoms with van der Waals surface area (Å²) in [7, 11) is -4.26. The number of nitrogens with one attached hydrogen (secondary N) is 1. The smallest absolute Gasteiger partial charge is 0.407 e. The highest BCUT2D eigenvalue weighted by Gasteiger charge is 2.16. The van der Waals surface area contributed by atoms with Crippen LogP contribution in [0.3, 0.4) is 0 Å². The summed E-state index contributed by atoms with van der Waals surface area (Å²) < 4.78 is 64.4. The zero-order valence-electron chi connectivity index (χ0n) is 21.7. The fourth-order valence-corrected chi connectivity index (χ4v) is 3.59. The molecule has 1 rings (SSSR count). The van der Waals surface area contributed by atoms with E-state index in [4.69, 9.17) is 28.4 Å². The van der Waals surface area contributed by atoms with Gasteiger partial charge in [-0.3, -0.25) is 4.55 Å². The second kappa shape index (κ2) is 17.6. The number of rotatable bonds is 19. The van der Waals surface area contributed by atoms with Gasteiger partial charge in [-0.15, -0.1) is 0 Å². The number of amides is 1. The van der Waals surface area contributed by atoms with Crippen LogP contribution in [0.1, 0.15) is 31.9 Å². The Balaban J connectivity index is 1.89. The van der Waals surface area contributed by atoms with Crippen molar-refractivity contribution in [1.29, 1.82) is 0 Å². The molecule has 0 aromatic heterocycles. The molecule has 0 atom stereocenters. The molecule has 0 aliphatic heterocycles. The first-order valence-corrected chi connectivity index (χ1v) is 13.4. The molecule has 12 heteroatoms. The van der Waals surface area contributed by atoms with Crippen LogP contribution in [0.15, 0.2) is 23.1 Å². The highest BCUT2D eigenvalue weighted by Crippen LogP contribution is 2.18. The molecule has 36 heavy (non-hydrogen) atoms. The SMILES string of the molecule is Cc1ccc(S(=O)(=O)O)c(CCOCCOCCOCCOCCOCCNC(=O)OC(C)(C)C)c1. The predicted octanol–water partition coefficient (Wildman–Crippen LogP) is 2.39. The third-order valence-electron chi connectivity index (χ3n) is 4.41. The van der Waals surface area contributed by atoms with Gasteiger partial charge in [0.05, 0.1) is 71.0 Å². The Morgan fingerprint density at radius 1 is 0.833 bits per heavy atom. The van der Waals surface area contributed by atoms with Gasteiger partial charge in [-0.25, -0.2) is 4.79 Å². The van der Waals surface area contributed by atoms with Crippen molar-refractivity contribution in [1.82, 2.24) is 5.32 Å². The van der Waals surface area contributed by atoms with Crippen LogP contribution in [0.5, 0.6) is 0 Å². The van der Waals surface area contributed by atoms with Crippen LogP contribution >= 0.6 is 0 Å². The standard InChI is InChI=1S/C24H41NO10S/c1-20-5-6-22(36(27,28)29)21(19-20)7-9-30-11-13-32-15-17-34-18-16-33-14-12-31-10-8-25-23(26)35-24(2,3)4/h5-6,19H,7-18H2,1-4H3,(H,25,26)(H,27,28,29). The Bertz CT molecular complexity index is 855. The first kappa shape index (κ1) is 32.2. The van der Waals surface area contributed by atoms with Crippen molar-refractivity contribution in [3.05, 3.63) is 29.3 Å². The van der Waals surface area contributed by atoms with E-state index in [9.17, 15) is 17.8 Å². The fourth-order valence-electron chi connectivity index (χ4n) is 2.86. The number of benzene rings is 1. The molecule has 1 aromatic carbocycles. The Kier molecular flexibility index (Phi) is 15.8. The van der Waals surface area contributed by atoms with E-state index in [0.717, 1.165) is 5.56 Å². The molecule has 0 aliphatic rings. The molecule has 0 fully saturated rings. The van der Waals surface area contributed by atoms with Crippen LogP contribution in [-0.4, -0.2) is 97.3 Å². The number of aryl methyl sites for hydroxylation is 1. The van der Waals surface area contributed by atoms with E-state index in [1.165, 1.54) is 6.07 Å². The van der Waals surface area contributed by atoms with E-state index in [1.807, 2.05) is 6.92 Å². The molecule has 0 unspecified atom stereocenters. The van der Waals surface area contributed by atoms with Gasteiger partial charge in [0, 0.05) is 6.54 Å². The minimum Gasteiger partial charge on any atom is -0.444 e. The molecule has 1 amide bonds. The van der Waals surface area contributed by atoms with Crippen molar-refractivity contribution in [2.24, 2.45) is 0 Å². The van der Waals surface area contributed by atoms with Gasteiger partial charge in [0.15, 0.2) is 0 Å². The van der Waals surface area contributed by atoms with Crippen LogP contribution in [0.2, 0.25) is 0 Å². The Labute approximate surface area is 214 Å². The topological polar surface area (TPSA) is 139 Å². The van der Waals surface area contributed by atoms with Crippen LogP contribution in [0.4, 0.5) is 4.79 Å². The van der Waals surface area contributed by atoms with Crippen LogP contribution in [-0.2, 0) is 45.0 Å². The molecule has 0 saturated heterocycles. The second-order valence-electron chi connectivity index (χ2n) is 8.83. The van der Waals surface area contributed by atoms with Crippen molar-refractivity contribution in [3.8, 4) is 0 Å². The van der Waals surface area contributed by atoms with Crippen LogP contribution < -0.4 is 5.32 Å². The van der Waals surface area contributed by atoms with Gasteiger partial charge in [0.2, 0.25) is 0 Å². The van der Waals surface area contributed by atoms with E-state index in [-0.39, 0.29) is 4.90 Å². The zero-order chi connectivity index (χ0) is 26.9. The molecular weight excluding hydrogens is 494 g/mol. The molecule has 11 nitrogen and oxygen atoms in total. The van der Waals surface area contributed by atoms with Gasteiger partial charge in [-0.1, -0.05) is 17.7 Å². The zero-order valence-corrected chi connectivity index (χ0v) is 22.6. The number of hydrogen-bond acceptors (Lipinski definition) is 9. The summed E-state index contributed by atoms with van der Waals surface area (Å²) in [6, 6.07) is 4.77. The third-order valence-corrected chi connectivity index (χ3v) is 5.37. The normalized spacial score (nSPS) is 12.0. The summed E-state index contributed by atoms with van der Waals surface area (Å²) in [5.74, 6) is 0. The number of carbonyl (C=O) groups excluding carboxylic acids is 1. The van der Waals surface area contributed by atoms with Gasteiger partial charge in [0.25, 0.3) is 10.1 Å². The lowest BCUT2D eigenvalue weighted by Crippen LogP contribution is -2.34. The molecule has 0 saturated carbocycles. The molecule has 0 spiro atoms. The summed E-state index contributed by atoms with van der Waals surface area (Å²) >= 11 is 0. The minimum absolute atomic E-state index is 0.0887. The number of hydrogen-bond donors (Lipinski definition) is 2. The minimum atomic E-state index is -4.26. The Hall–Kier alpha value is -1.80. The van der Waals surface area contributed by atoms with Gasteiger partial charge in [0.1, 0.15) is 5.60 Å². The quantitative estimate of drug-likeness (QED) is 0.200. The maximum Gasteiger partial charge on any atom is 0.407 e. The molecule has 2 N–H and O–H groups in total. The van der Waals surface area contributed by atoms with Gasteiger partial charge in [-0.2, -0.15) is 8.42 Å². The third kappa shape index (κ3) is 16.8. The van der Waals surface area contributed by atoms with Crippen molar-refractivity contribution in [3.63, 3.8) is 0 Å². The van der Waals surface area contributed by atoms with Crippen molar-refractivity contribution in [2.75, 3.05) is 72.6 Å². The van der Waals surface area contributed by atoms with Gasteiger partial charge in [-0.05, 0) is 45.7 Å². The lowest BCUT2D eigenvalue weighted by Gasteiger charge is -2.19. The van der Waals surface area contributed by atoms with E-state index < -0.39 is 21.8 Å². The van der Waals surface area contributed by atoms with Crippen LogP contribution in [0.25, 0.3) is 0 Å². The van der Waals surface area contributed by atoms with Crippen LogP contribution in [0, 0.1) is 6.92 Å². The highest BCUT2D eigenvalue weighted by atomic mass is 32.2. The second-order valence-corrected chi connectivity index (χ2v) is 10.2. The van der Waals surface area contributed by atoms with E-state index in [1.54, 1.807) is 32.9 Å². The molecule has 0 bridgehead atoms. The van der Waals surface area contributed by atoms with E-state index in [0.29, 0.717) is 84.6 Å². The average Bonchev–Trinajstić information content (AvgIpc) is 2.76. The van der Waals surface area contributed by atoms with Crippen molar-refractivity contribution >= 4 is 16.2 Å². The predicted molar refractivity (Wildman–Crippen MR) is 133 cm³/mol. The van der Waals surface area contributed by atoms with E-state index >= 15 is 0 Å². The fraction of sp³-hybridized carbons (Fsp3) is 0.708. The molecule has 0 heterocycles. The monoisotopic (exact) mass is 535 g/mol. The number of ether oxygens (including phenoxy) is 6. The number of alkyl carbamates (subject to hydrolysis) is 1. The van der Waals surface area contributed by atoms with Crippen molar-refractivity contribution < 1.29 is 46.2 Å². The molecule has 0 aliphatic carbocycles. The summed E-state index contributed by atoms with van der Waals surface area (Å²) in [4.78, 5) is 11.4. The summed E-state index contributed by atoms with van der Waals surface area (Å²) in [5, 5.41) is 2.61. The van der Waals surface area contributed by atoms with Crippen molar-refractivity contribution in [2.45, 2.75) is 44.6 Å². The summed E-state index contributed by atoms with van der Waals surface area (Å²) in [6.45, 7) is 11.6.